The molecule has 18 heavy (non-hydrogen) atoms. The van der Waals surface area contributed by atoms with Crippen LogP contribution in [0.25, 0.3) is 0 Å². The average Bonchev–Trinajstić information content (AvgIpc) is 2.73. The Morgan fingerprint density at radius 2 is 2.11 bits per heavy atom. The first-order valence-electron chi connectivity index (χ1n) is 5.48. The molecule has 0 aliphatic heterocycles. The van der Waals surface area contributed by atoms with Crippen LogP contribution in [0.3, 0.4) is 0 Å². The molecule has 0 radical (unpaired) electrons. The number of hydrogen-bond donors (Lipinski definition) is 1. The molecule has 2 aromatic rings. The van der Waals surface area contributed by atoms with Crippen LogP contribution in [0, 0.1) is 0 Å². The normalized spacial score (nSPS) is 10.3. The van der Waals surface area contributed by atoms with E-state index in [1.165, 1.54) is 6.33 Å². The minimum Gasteiger partial charge on any atom is -0.486 e. The van der Waals surface area contributed by atoms with Crippen LogP contribution in [0.4, 0.5) is 0 Å². The Labute approximate surface area is 111 Å². The molecule has 0 atom stereocenters. The van der Waals surface area contributed by atoms with Gasteiger partial charge in [0.05, 0.1) is 4.99 Å². The molecule has 1 heterocycles. The largest absolute Gasteiger partial charge is 0.486 e. The third-order valence-corrected chi connectivity index (χ3v) is 2.62. The molecule has 94 valence electrons. The molecule has 1 aromatic carbocycles. The molecule has 0 unspecified atom stereocenters. The van der Waals surface area contributed by atoms with Crippen molar-refractivity contribution < 1.29 is 4.74 Å². The zero-order valence-electron chi connectivity index (χ0n) is 10.0. The zero-order chi connectivity index (χ0) is 13.0. The third kappa shape index (κ3) is 3.27. The van der Waals surface area contributed by atoms with Crippen molar-refractivity contribution in [3.05, 3.63) is 42.0 Å². The molecule has 0 saturated carbocycles. The van der Waals surface area contributed by atoms with E-state index >= 15 is 0 Å². The number of aryl methyl sites for hydroxylation is 1. The van der Waals surface area contributed by atoms with Crippen molar-refractivity contribution in [2.24, 2.45) is 12.8 Å². The summed E-state index contributed by atoms with van der Waals surface area (Å²) in [6.07, 6.45) is 2.11. The third-order valence-electron chi connectivity index (χ3n) is 2.47. The van der Waals surface area contributed by atoms with E-state index in [1.807, 2.05) is 31.3 Å². The summed E-state index contributed by atoms with van der Waals surface area (Å²) in [6, 6.07) is 7.68. The maximum Gasteiger partial charge on any atom is 0.164 e. The lowest BCUT2D eigenvalue weighted by molar-refractivity contribution is 0.289. The van der Waals surface area contributed by atoms with E-state index in [1.54, 1.807) is 4.68 Å². The summed E-state index contributed by atoms with van der Waals surface area (Å²) >= 11 is 4.86. The van der Waals surface area contributed by atoms with Crippen molar-refractivity contribution >= 4 is 17.2 Å². The number of hydrogen-bond acceptors (Lipinski definition) is 4. The SMILES string of the molecule is Cn1ncnc1COc1ccc(CC(N)=S)cc1. The highest BCUT2D eigenvalue weighted by Gasteiger charge is 2.02. The number of nitrogens with zero attached hydrogens (tertiary/aromatic N) is 3. The van der Waals surface area contributed by atoms with Gasteiger partial charge in [-0.25, -0.2) is 4.98 Å². The summed E-state index contributed by atoms with van der Waals surface area (Å²) in [5, 5.41) is 3.97. The molecule has 0 aliphatic carbocycles. The molecule has 6 heteroatoms. The van der Waals surface area contributed by atoms with Crippen LogP contribution in [0.2, 0.25) is 0 Å². The molecule has 0 saturated heterocycles. The van der Waals surface area contributed by atoms with Gasteiger partial charge in [-0.1, -0.05) is 24.4 Å². The Kier molecular flexibility index (Phi) is 3.88. The van der Waals surface area contributed by atoms with Crippen molar-refractivity contribution in [3.63, 3.8) is 0 Å². The summed E-state index contributed by atoms with van der Waals surface area (Å²) in [5.41, 5.74) is 6.56. The molecule has 2 rings (SSSR count). The van der Waals surface area contributed by atoms with Gasteiger partial charge in [0, 0.05) is 13.5 Å². The van der Waals surface area contributed by atoms with E-state index in [0.29, 0.717) is 18.0 Å². The Bertz CT molecular complexity index is 535. The van der Waals surface area contributed by atoms with Gasteiger partial charge >= 0.3 is 0 Å². The van der Waals surface area contributed by atoms with E-state index in [9.17, 15) is 0 Å². The Morgan fingerprint density at radius 1 is 1.39 bits per heavy atom. The highest BCUT2D eigenvalue weighted by atomic mass is 32.1. The summed E-state index contributed by atoms with van der Waals surface area (Å²) in [5.74, 6) is 1.56. The van der Waals surface area contributed by atoms with Crippen LogP contribution in [0.15, 0.2) is 30.6 Å². The van der Waals surface area contributed by atoms with E-state index in [4.69, 9.17) is 22.7 Å². The second-order valence-electron chi connectivity index (χ2n) is 3.88. The molecule has 0 bridgehead atoms. The Morgan fingerprint density at radius 3 is 2.67 bits per heavy atom. The minimum atomic E-state index is 0.394. The first kappa shape index (κ1) is 12.5. The Balaban J connectivity index is 1.94. The number of rotatable bonds is 5. The first-order chi connectivity index (χ1) is 8.65. The number of benzene rings is 1. The van der Waals surface area contributed by atoms with Crippen molar-refractivity contribution in [1.29, 1.82) is 0 Å². The van der Waals surface area contributed by atoms with E-state index < -0.39 is 0 Å². The maximum absolute atomic E-state index is 5.60. The van der Waals surface area contributed by atoms with Crippen LogP contribution in [-0.2, 0) is 20.1 Å². The Hall–Kier alpha value is -1.95. The first-order valence-corrected chi connectivity index (χ1v) is 5.89. The van der Waals surface area contributed by atoms with Gasteiger partial charge in [-0.15, -0.1) is 0 Å². The quantitative estimate of drug-likeness (QED) is 0.821. The van der Waals surface area contributed by atoms with Crippen LogP contribution < -0.4 is 10.5 Å². The van der Waals surface area contributed by atoms with Crippen molar-refractivity contribution in [3.8, 4) is 5.75 Å². The highest BCUT2D eigenvalue weighted by Crippen LogP contribution is 2.13. The molecule has 1 aromatic heterocycles. The fraction of sp³-hybridized carbons (Fsp3) is 0.250. The van der Waals surface area contributed by atoms with Crippen LogP contribution >= 0.6 is 12.2 Å². The standard InChI is InChI=1S/C12H14N4OS/c1-16-12(14-8-15-16)7-17-10-4-2-9(3-5-10)6-11(13)18/h2-5,8H,6-7H2,1H3,(H2,13,18). The number of nitrogens with two attached hydrogens (primary N) is 1. The predicted molar refractivity (Wildman–Crippen MR) is 72.3 cm³/mol. The minimum absolute atomic E-state index is 0.394. The molecule has 0 spiro atoms. The van der Waals surface area contributed by atoms with E-state index in [-0.39, 0.29) is 0 Å². The van der Waals surface area contributed by atoms with Gasteiger partial charge < -0.3 is 10.5 Å². The number of aromatic nitrogens is 3. The summed E-state index contributed by atoms with van der Waals surface area (Å²) < 4.78 is 7.29. The molecule has 2 N–H and O–H groups in total. The van der Waals surface area contributed by atoms with Gasteiger partial charge in [-0.3, -0.25) is 4.68 Å². The van der Waals surface area contributed by atoms with Gasteiger partial charge in [0.2, 0.25) is 0 Å². The van der Waals surface area contributed by atoms with Crippen molar-refractivity contribution in [2.45, 2.75) is 13.0 Å². The van der Waals surface area contributed by atoms with Gasteiger partial charge in [-0.2, -0.15) is 5.10 Å². The predicted octanol–water partition coefficient (Wildman–Crippen LogP) is 1.22. The van der Waals surface area contributed by atoms with Crippen molar-refractivity contribution in [1.82, 2.24) is 14.8 Å². The molecule has 0 aliphatic rings. The lowest BCUT2D eigenvalue weighted by Gasteiger charge is -2.06. The summed E-state index contributed by atoms with van der Waals surface area (Å²) in [6.45, 7) is 0.394. The number of thiocarbonyl (C=S) groups is 1. The van der Waals surface area contributed by atoms with Gasteiger partial charge in [-0.05, 0) is 17.7 Å². The lowest BCUT2D eigenvalue weighted by atomic mass is 10.1. The molecule has 5 nitrogen and oxygen atoms in total. The fourth-order valence-electron chi connectivity index (χ4n) is 1.50. The molecule has 0 fully saturated rings. The topological polar surface area (TPSA) is 66.0 Å². The van der Waals surface area contributed by atoms with Crippen LogP contribution in [-0.4, -0.2) is 19.8 Å². The monoisotopic (exact) mass is 262 g/mol. The fourth-order valence-corrected chi connectivity index (χ4v) is 1.67. The molecule has 0 amide bonds. The van der Waals surface area contributed by atoms with Gasteiger partial charge in [0.1, 0.15) is 18.7 Å². The van der Waals surface area contributed by atoms with Crippen molar-refractivity contribution in [2.75, 3.05) is 0 Å². The van der Waals surface area contributed by atoms with E-state index in [2.05, 4.69) is 10.1 Å². The second-order valence-corrected chi connectivity index (χ2v) is 4.40. The smallest absolute Gasteiger partial charge is 0.164 e. The lowest BCUT2D eigenvalue weighted by Crippen LogP contribution is -2.10. The second kappa shape index (κ2) is 5.59. The highest BCUT2D eigenvalue weighted by molar-refractivity contribution is 7.80. The zero-order valence-corrected chi connectivity index (χ0v) is 10.9. The summed E-state index contributed by atoms with van der Waals surface area (Å²) in [4.78, 5) is 4.57. The molecular weight excluding hydrogens is 248 g/mol. The van der Waals surface area contributed by atoms with Gasteiger partial charge in [0.25, 0.3) is 0 Å². The average molecular weight is 262 g/mol. The summed E-state index contributed by atoms with van der Waals surface area (Å²) in [7, 11) is 1.83. The molecular formula is C12H14N4OS. The maximum atomic E-state index is 5.60. The van der Waals surface area contributed by atoms with Crippen LogP contribution in [0.1, 0.15) is 11.4 Å². The van der Waals surface area contributed by atoms with Gasteiger partial charge in [0.15, 0.2) is 5.82 Å². The van der Waals surface area contributed by atoms with E-state index in [0.717, 1.165) is 17.1 Å². The number of ether oxygens (including phenoxy) is 1. The van der Waals surface area contributed by atoms with Crippen LogP contribution in [0.5, 0.6) is 5.75 Å².